The Morgan fingerprint density at radius 3 is 2.52 bits per heavy atom. The molecule has 0 amide bonds. The zero-order chi connectivity index (χ0) is 15.4. The van der Waals surface area contributed by atoms with Gasteiger partial charge in [0.25, 0.3) is 0 Å². The van der Waals surface area contributed by atoms with Crippen LogP contribution in [0.15, 0.2) is 40.9 Å². The SMILES string of the molecule is Cc1cc(Br)cc(CC(C)N)c1OCc1ccc(I)cc1. The third kappa shape index (κ3) is 4.97. The summed E-state index contributed by atoms with van der Waals surface area (Å²) in [5.41, 5.74) is 9.40. The van der Waals surface area contributed by atoms with Crippen LogP contribution in [0.2, 0.25) is 0 Å². The molecule has 2 rings (SSSR count). The lowest BCUT2D eigenvalue weighted by Crippen LogP contribution is -2.18. The highest BCUT2D eigenvalue weighted by atomic mass is 127. The van der Waals surface area contributed by atoms with E-state index in [9.17, 15) is 0 Å². The van der Waals surface area contributed by atoms with Crippen molar-refractivity contribution in [3.8, 4) is 5.75 Å². The van der Waals surface area contributed by atoms with Gasteiger partial charge in [-0.3, -0.25) is 0 Å². The number of rotatable bonds is 5. The van der Waals surface area contributed by atoms with Gasteiger partial charge < -0.3 is 10.5 Å². The number of halogens is 2. The van der Waals surface area contributed by atoms with Gasteiger partial charge in [-0.05, 0) is 83.8 Å². The van der Waals surface area contributed by atoms with Gasteiger partial charge in [-0.2, -0.15) is 0 Å². The number of ether oxygens (including phenoxy) is 1. The van der Waals surface area contributed by atoms with Gasteiger partial charge in [-0.25, -0.2) is 0 Å². The van der Waals surface area contributed by atoms with Crippen LogP contribution < -0.4 is 10.5 Å². The second-order valence-electron chi connectivity index (χ2n) is 5.31. The summed E-state index contributed by atoms with van der Waals surface area (Å²) in [6, 6.07) is 12.7. The number of nitrogens with two attached hydrogens (primary N) is 1. The van der Waals surface area contributed by atoms with Gasteiger partial charge in [-0.15, -0.1) is 0 Å². The van der Waals surface area contributed by atoms with Crippen molar-refractivity contribution in [3.05, 3.63) is 61.1 Å². The lowest BCUT2D eigenvalue weighted by Gasteiger charge is -2.16. The van der Waals surface area contributed by atoms with Gasteiger partial charge in [0.1, 0.15) is 12.4 Å². The first kappa shape index (κ1) is 16.8. The van der Waals surface area contributed by atoms with Gasteiger partial charge >= 0.3 is 0 Å². The third-order valence-corrected chi connectivity index (χ3v) is 4.33. The van der Waals surface area contributed by atoms with Crippen LogP contribution in [-0.2, 0) is 13.0 Å². The fraction of sp³-hybridized carbons (Fsp3) is 0.294. The van der Waals surface area contributed by atoms with Crippen LogP contribution in [0.4, 0.5) is 0 Å². The van der Waals surface area contributed by atoms with E-state index in [0.717, 1.165) is 27.8 Å². The summed E-state index contributed by atoms with van der Waals surface area (Å²) in [5, 5.41) is 0. The summed E-state index contributed by atoms with van der Waals surface area (Å²) in [4.78, 5) is 0. The molecule has 0 saturated carbocycles. The molecule has 0 bridgehead atoms. The number of hydrogen-bond acceptors (Lipinski definition) is 2. The average molecular weight is 460 g/mol. The van der Waals surface area contributed by atoms with Crippen molar-refractivity contribution in [2.45, 2.75) is 32.9 Å². The number of benzene rings is 2. The first-order chi connectivity index (χ1) is 9.95. The lowest BCUT2D eigenvalue weighted by molar-refractivity contribution is 0.300. The largest absolute Gasteiger partial charge is 0.488 e. The zero-order valence-electron chi connectivity index (χ0n) is 12.2. The van der Waals surface area contributed by atoms with Crippen LogP contribution in [0, 0.1) is 10.5 Å². The zero-order valence-corrected chi connectivity index (χ0v) is 15.9. The summed E-state index contributed by atoms with van der Waals surface area (Å²) in [6.45, 7) is 4.66. The molecule has 1 unspecified atom stereocenters. The van der Waals surface area contributed by atoms with Gasteiger partial charge in [0, 0.05) is 14.1 Å². The molecule has 2 aromatic carbocycles. The van der Waals surface area contributed by atoms with E-state index >= 15 is 0 Å². The molecule has 2 nitrogen and oxygen atoms in total. The predicted octanol–water partition coefficient (Wildman–Crippen LogP) is 4.83. The van der Waals surface area contributed by atoms with Crippen molar-refractivity contribution in [3.63, 3.8) is 0 Å². The first-order valence-electron chi connectivity index (χ1n) is 6.87. The second kappa shape index (κ2) is 7.61. The molecule has 0 radical (unpaired) electrons. The minimum atomic E-state index is 0.111. The summed E-state index contributed by atoms with van der Waals surface area (Å²) in [5.74, 6) is 0.953. The monoisotopic (exact) mass is 459 g/mol. The van der Waals surface area contributed by atoms with Crippen LogP contribution in [0.25, 0.3) is 0 Å². The Labute approximate surface area is 148 Å². The van der Waals surface area contributed by atoms with Crippen LogP contribution in [0.5, 0.6) is 5.75 Å². The predicted molar refractivity (Wildman–Crippen MR) is 99.7 cm³/mol. The molecule has 0 aliphatic heterocycles. The Morgan fingerprint density at radius 2 is 1.90 bits per heavy atom. The molecule has 0 aliphatic rings. The Morgan fingerprint density at radius 1 is 1.24 bits per heavy atom. The van der Waals surface area contributed by atoms with Crippen molar-refractivity contribution in [1.82, 2.24) is 0 Å². The molecule has 2 N–H and O–H groups in total. The molecular formula is C17H19BrINO. The maximum absolute atomic E-state index is 6.07. The highest BCUT2D eigenvalue weighted by Crippen LogP contribution is 2.29. The van der Waals surface area contributed by atoms with E-state index < -0.39 is 0 Å². The van der Waals surface area contributed by atoms with E-state index in [4.69, 9.17) is 10.5 Å². The number of aryl methyl sites for hydroxylation is 1. The molecule has 4 heteroatoms. The molecule has 0 spiro atoms. The molecular weight excluding hydrogens is 441 g/mol. The third-order valence-electron chi connectivity index (χ3n) is 3.15. The minimum Gasteiger partial charge on any atom is -0.488 e. The van der Waals surface area contributed by atoms with Crippen LogP contribution in [0.3, 0.4) is 0 Å². The van der Waals surface area contributed by atoms with Crippen LogP contribution in [-0.4, -0.2) is 6.04 Å². The van der Waals surface area contributed by atoms with Gasteiger partial charge in [0.15, 0.2) is 0 Å². The highest BCUT2D eigenvalue weighted by Gasteiger charge is 2.11. The summed E-state index contributed by atoms with van der Waals surface area (Å²) >= 11 is 5.85. The fourth-order valence-corrected chi connectivity index (χ4v) is 3.22. The summed E-state index contributed by atoms with van der Waals surface area (Å²) in [6.07, 6.45) is 0.808. The maximum atomic E-state index is 6.07. The van der Waals surface area contributed by atoms with Crippen molar-refractivity contribution in [1.29, 1.82) is 0 Å². The van der Waals surface area contributed by atoms with E-state index in [1.807, 2.05) is 6.92 Å². The van der Waals surface area contributed by atoms with E-state index in [-0.39, 0.29) is 6.04 Å². The van der Waals surface area contributed by atoms with Crippen LogP contribution in [0.1, 0.15) is 23.6 Å². The molecule has 0 heterocycles. The quantitative estimate of drug-likeness (QED) is 0.650. The molecule has 2 aromatic rings. The molecule has 1 atom stereocenters. The Balaban J connectivity index is 2.19. The average Bonchev–Trinajstić information content (AvgIpc) is 2.39. The topological polar surface area (TPSA) is 35.2 Å². The molecule has 21 heavy (non-hydrogen) atoms. The smallest absolute Gasteiger partial charge is 0.126 e. The maximum Gasteiger partial charge on any atom is 0.126 e. The Bertz CT molecular complexity index is 611. The standard InChI is InChI=1S/C17H19BrINO/c1-11-7-15(18)9-14(8-12(2)20)17(11)21-10-13-3-5-16(19)6-4-13/h3-7,9,12H,8,10,20H2,1-2H3. The molecule has 0 saturated heterocycles. The fourth-order valence-electron chi connectivity index (χ4n) is 2.24. The summed E-state index contributed by atoms with van der Waals surface area (Å²) < 4.78 is 8.37. The normalized spacial score (nSPS) is 12.2. The van der Waals surface area contributed by atoms with Crippen molar-refractivity contribution in [2.24, 2.45) is 5.73 Å². The highest BCUT2D eigenvalue weighted by molar-refractivity contribution is 14.1. The number of hydrogen-bond donors (Lipinski definition) is 1. The lowest BCUT2D eigenvalue weighted by atomic mass is 10.0. The van der Waals surface area contributed by atoms with Crippen molar-refractivity contribution in [2.75, 3.05) is 0 Å². The molecule has 0 aliphatic carbocycles. The van der Waals surface area contributed by atoms with Crippen molar-refractivity contribution < 1.29 is 4.74 Å². The first-order valence-corrected chi connectivity index (χ1v) is 8.74. The van der Waals surface area contributed by atoms with E-state index in [1.54, 1.807) is 0 Å². The Kier molecular flexibility index (Phi) is 6.08. The second-order valence-corrected chi connectivity index (χ2v) is 7.47. The molecule has 0 aromatic heterocycles. The van der Waals surface area contributed by atoms with Gasteiger partial charge in [0.05, 0.1) is 0 Å². The van der Waals surface area contributed by atoms with Gasteiger partial charge in [-0.1, -0.05) is 28.1 Å². The van der Waals surface area contributed by atoms with E-state index in [2.05, 4.69) is 81.8 Å². The molecule has 112 valence electrons. The van der Waals surface area contributed by atoms with Gasteiger partial charge in [0.2, 0.25) is 0 Å². The van der Waals surface area contributed by atoms with Crippen molar-refractivity contribution >= 4 is 38.5 Å². The summed E-state index contributed by atoms with van der Waals surface area (Å²) in [7, 11) is 0. The minimum absolute atomic E-state index is 0.111. The van der Waals surface area contributed by atoms with Crippen LogP contribution >= 0.6 is 38.5 Å². The van der Waals surface area contributed by atoms with E-state index in [1.165, 1.54) is 9.13 Å². The molecule has 0 fully saturated rings. The van der Waals surface area contributed by atoms with E-state index in [0.29, 0.717) is 6.61 Å². The Hall–Kier alpha value is -0.590.